The van der Waals surface area contributed by atoms with Crippen LogP contribution in [0.4, 0.5) is 4.39 Å². The van der Waals surface area contributed by atoms with Gasteiger partial charge >= 0.3 is 0 Å². The summed E-state index contributed by atoms with van der Waals surface area (Å²) in [5, 5.41) is 10.5. The van der Waals surface area contributed by atoms with Crippen LogP contribution in [0, 0.1) is 5.82 Å². The first-order valence-corrected chi connectivity index (χ1v) is 9.08. The summed E-state index contributed by atoms with van der Waals surface area (Å²) in [5.74, 6) is 1.16. The minimum absolute atomic E-state index is 0.236. The van der Waals surface area contributed by atoms with Gasteiger partial charge in [-0.15, -0.1) is 10.2 Å². The molecule has 0 spiro atoms. The molecular weight excluding hydrogens is 368 g/mol. The van der Waals surface area contributed by atoms with Crippen LogP contribution in [-0.4, -0.2) is 14.8 Å². The SMILES string of the molecule is CCn1c(SCc2ccc(F)cc2)nnc1-c1ccc(Cl)cc1Cl. The van der Waals surface area contributed by atoms with Crippen LogP contribution in [0.2, 0.25) is 10.0 Å². The molecule has 0 bridgehead atoms. The van der Waals surface area contributed by atoms with E-state index < -0.39 is 0 Å². The number of thioether (sulfide) groups is 1. The molecule has 3 nitrogen and oxygen atoms in total. The zero-order valence-corrected chi connectivity index (χ0v) is 15.2. The maximum Gasteiger partial charge on any atom is 0.191 e. The lowest BCUT2D eigenvalue weighted by Gasteiger charge is -2.09. The molecule has 0 amide bonds. The number of hydrogen-bond acceptors (Lipinski definition) is 3. The van der Waals surface area contributed by atoms with Gasteiger partial charge in [0.1, 0.15) is 5.82 Å². The molecule has 1 heterocycles. The lowest BCUT2D eigenvalue weighted by Crippen LogP contribution is -2.00. The highest BCUT2D eigenvalue weighted by Crippen LogP contribution is 2.32. The van der Waals surface area contributed by atoms with Crippen LogP contribution in [0.5, 0.6) is 0 Å². The predicted molar refractivity (Wildman–Crippen MR) is 97.1 cm³/mol. The van der Waals surface area contributed by atoms with Crippen molar-refractivity contribution in [2.24, 2.45) is 0 Å². The molecule has 124 valence electrons. The van der Waals surface area contributed by atoms with E-state index in [1.165, 1.54) is 12.1 Å². The summed E-state index contributed by atoms with van der Waals surface area (Å²) in [7, 11) is 0. The summed E-state index contributed by atoms with van der Waals surface area (Å²) in [6.07, 6.45) is 0. The molecule has 2 aromatic carbocycles. The van der Waals surface area contributed by atoms with E-state index in [4.69, 9.17) is 23.2 Å². The van der Waals surface area contributed by atoms with Gasteiger partial charge in [0, 0.05) is 22.9 Å². The molecule has 0 saturated heterocycles. The lowest BCUT2D eigenvalue weighted by atomic mass is 10.2. The third kappa shape index (κ3) is 3.74. The van der Waals surface area contributed by atoms with Crippen molar-refractivity contribution in [2.45, 2.75) is 24.4 Å². The number of aromatic nitrogens is 3. The Morgan fingerprint density at radius 2 is 1.83 bits per heavy atom. The topological polar surface area (TPSA) is 30.7 Å². The van der Waals surface area contributed by atoms with Crippen molar-refractivity contribution in [3.05, 3.63) is 63.9 Å². The summed E-state index contributed by atoms with van der Waals surface area (Å²) < 4.78 is 15.0. The third-order valence-electron chi connectivity index (χ3n) is 3.49. The molecule has 0 aliphatic rings. The average molecular weight is 382 g/mol. The van der Waals surface area contributed by atoms with Gasteiger partial charge in [0.15, 0.2) is 11.0 Å². The zero-order valence-electron chi connectivity index (χ0n) is 12.8. The van der Waals surface area contributed by atoms with Crippen LogP contribution in [0.1, 0.15) is 12.5 Å². The first kappa shape index (κ1) is 17.3. The van der Waals surface area contributed by atoms with Crippen LogP contribution >= 0.6 is 35.0 Å². The summed E-state index contributed by atoms with van der Waals surface area (Å²) in [4.78, 5) is 0. The quantitative estimate of drug-likeness (QED) is 0.530. The Bertz CT molecular complexity index is 850. The first-order chi connectivity index (χ1) is 11.6. The van der Waals surface area contributed by atoms with Gasteiger partial charge in [-0.05, 0) is 42.8 Å². The first-order valence-electron chi connectivity index (χ1n) is 7.34. The van der Waals surface area contributed by atoms with E-state index in [0.29, 0.717) is 28.2 Å². The van der Waals surface area contributed by atoms with Crippen molar-refractivity contribution in [3.63, 3.8) is 0 Å². The fraction of sp³-hybridized carbons (Fsp3) is 0.176. The number of rotatable bonds is 5. The minimum Gasteiger partial charge on any atom is -0.302 e. The molecular formula is C17H14Cl2FN3S. The highest BCUT2D eigenvalue weighted by atomic mass is 35.5. The molecule has 0 unspecified atom stereocenters. The highest BCUT2D eigenvalue weighted by Gasteiger charge is 2.16. The molecule has 24 heavy (non-hydrogen) atoms. The van der Waals surface area contributed by atoms with Gasteiger partial charge in [0.25, 0.3) is 0 Å². The van der Waals surface area contributed by atoms with E-state index in [1.807, 2.05) is 17.6 Å². The summed E-state index contributed by atoms with van der Waals surface area (Å²) >= 11 is 13.8. The Balaban J connectivity index is 1.85. The molecule has 3 rings (SSSR count). The molecule has 7 heteroatoms. The van der Waals surface area contributed by atoms with Crippen LogP contribution in [0.15, 0.2) is 47.6 Å². The molecule has 0 radical (unpaired) electrons. The lowest BCUT2D eigenvalue weighted by molar-refractivity contribution is 0.627. The van der Waals surface area contributed by atoms with Crippen molar-refractivity contribution in [1.82, 2.24) is 14.8 Å². The second kappa shape index (κ2) is 7.55. The molecule has 0 fully saturated rings. The monoisotopic (exact) mass is 381 g/mol. The Labute approximate surface area is 153 Å². The number of halogens is 3. The molecule has 0 aliphatic heterocycles. The van der Waals surface area contributed by atoms with Crippen molar-refractivity contribution in [3.8, 4) is 11.4 Å². The van der Waals surface area contributed by atoms with Crippen LogP contribution in [0.3, 0.4) is 0 Å². The van der Waals surface area contributed by atoms with E-state index >= 15 is 0 Å². The fourth-order valence-electron chi connectivity index (χ4n) is 2.28. The van der Waals surface area contributed by atoms with Crippen molar-refractivity contribution in [2.75, 3.05) is 0 Å². The third-order valence-corrected chi connectivity index (χ3v) is 5.07. The summed E-state index contributed by atoms with van der Waals surface area (Å²) in [6, 6.07) is 11.8. The van der Waals surface area contributed by atoms with E-state index in [9.17, 15) is 4.39 Å². The van der Waals surface area contributed by atoms with Gasteiger partial charge in [-0.1, -0.05) is 47.1 Å². The van der Waals surface area contributed by atoms with Crippen LogP contribution < -0.4 is 0 Å². The molecule has 1 aromatic heterocycles. The van der Waals surface area contributed by atoms with Gasteiger partial charge in [0.05, 0.1) is 5.02 Å². The Hall–Kier alpha value is -1.56. The van der Waals surface area contributed by atoms with Crippen molar-refractivity contribution < 1.29 is 4.39 Å². The highest BCUT2D eigenvalue weighted by molar-refractivity contribution is 7.98. The number of benzene rings is 2. The summed E-state index contributed by atoms with van der Waals surface area (Å²) in [5.41, 5.74) is 1.82. The fourth-order valence-corrected chi connectivity index (χ4v) is 3.73. The van der Waals surface area contributed by atoms with Crippen LogP contribution in [-0.2, 0) is 12.3 Å². The average Bonchev–Trinajstić information content (AvgIpc) is 2.97. The molecule has 0 N–H and O–H groups in total. The second-order valence-electron chi connectivity index (χ2n) is 5.09. The van der Waals surface area contributed by atoms with E-state index in [2.05, 4.69) is 10.2 Å². The van der Waals surface area contributed by atoms with Gasteiger partial charge in [-0.3, -0.25) is 0 Å². The van der Waals surface area contributed by atoms with Gasteiger partial charge < -0.3 is 4.57 Å². The van der Waals surface area contributed by atoms with E-state index in [1.54, 1.807) is 36.0 Å². The smallest absolute Gasteiger partial charge is 0.191 e. The largest absolute Gasteiger partial charge is 0.302 e. The predicted octanol–water partition coefficient (Wildman–Crippen LogP) is 5.70. The second-order valence-corrected chi connectivity index (χ2v) is 6.88. The Morgan fingerprint density at radius 1 is 1.08 bits per heavy atom. The van der Waals surface area contributed by atoms with E-state index in [-0.39, 0.29) is 5.82 Å². The molecule has 0 saturated carbocycles. The van der Waals surface area contributed by atoms with Gasteiger partial charge in [-0.25, -0.2) is 4.39 Å². The maximum absolute atomic E-state index is 13.0. The van der Waals surface area contributed by atoms with Crippen molar-refractivity contribution >= 4 is 35.0 Å². The minimum atomic E-state index is -0.236. The maximum atomic E-state index is 13.0. The van der Waals surface area contributed by atoms with E-state index in [0.717, 1.165) is 16.3 Å². The summed E-state index contributed by atoms with van der Waals surface area (Å²) in [6.45, 7) is 2.74. The van der Waals surface area contributed by atoms with Crippen LogP contribution in [0.25, 0.3) is 11.4 Å². The van der Waals surface area contributed by atoms with Crippen molar-refractivity contribution in [1.29, 1.82) is 0 Å². The standard InChI is InChI=1S/C17H14Cl2FN3S/c1-2-23-16(14-8-5-12(18)9-15(14)19)21-22-17(23)24-10-11-3-6-13(20)7-4-11/h3-9H,2,10H2,1H3. The zero-order chi connectivity index (χ0) is 17.1. The molecule has 0 atom stereocenters. The Kier molecular flexibility index (Phi) is 5.43. The molecule has 0 aliphatic carbocycles. The van der Waals surface area contributed by atoms with Gasteiger partial charge in [0.2, 0.25) is 0 Å². The number of nitrogens with zero attached hydrogens (tertiary/aromatic N) is 3. The van der Waals surface area contributed by atoms with Gasteiger partial charge in [-0.2, -0.15) is 0 Å². The number of hydrogen-bond donors (Lipinski definition) is 0. The Morgan fingerprint density at radius 3 is 2.50 bits per heavy atom. The molecule has 3 aromatic rings. The normalized spacial score (nSPS) is 11.0.